The summed E-state index contributed by atoms with van der Waals surface area (Å²) in [7, 11) is -3.61. The third-order valence-corrected chi connectivity index (χ3v) is 7.13. The van der Waals surface area contributed by atoms with Gasteiger partial charge >= 0.3 is 0 Å². The van der Waals surface area contributed by atoms with Crippen LogP contribution in [0.2, 0.25) is 0 Å². The molecule has 2 aliphatic heterocycles. The minimum absolute atomic E-state index is 0.0321. The van der Waals surface area contributed by atoms with E-state index in [1.54, 1.807) is 12.1 Å². The van der Waals surface area contributed by atoms with E-state index >= 15 is 0 Å². The quantitative estimate of drug-likeness (QED) is 0.581. The number of nitrogens with zero attached hydrogens (tertiary/aromatic N) is 6. The average molecular weight is 439 g/mol. The summed E-state index contributed by atoms with van der Waals surface area (Å²) in [5.74, 6) is 1.46. The van der Waals surface area contributed by atoms with Crippen molar-refractivity contribution in [2.45, 2.75) is 37.5 Å². The monoisotopic (exact) mass is 438 g/mol. The lowest BCUT2D eigenvalue weighted by molar-refractivity contribution is 0.449. The number of fused-ring (bicyclic) bond motifs is 2. The van der Waals surface area contributed by atoms with Crippen LogP contribution in [0.15, 0.2) is 51.9 Å². The molecule has 0 aliphatic carbocycles. The maximum Gasteiger partial charge on any atom is 0.285 e. The van der Waals surface area contributed by atoms with Crippen LogP contribution in [0, 0.1) is 0 Å². The predicted octanol–water partition coefficient (Wildman–Crippen LogP) is 2.69. The van der Waals surface area contributed by atoms with E-state index < -0.39 is 10.0 Å². The molecule has 1 aromatic carbocycles. The van der Waals surface area contributed by atoms with E-state index in [0.29, 0.717) is 22.8 Å². The molecule has 0 bridgehead atoms. The normalized spacial score (nSPS) is 18.7. The number of hydrogen-bond donors (Lipinski definition) is 0. The maximum atomic E-state index is 12.4. The van der Waals surface area contributed by atoms with Gasteiger partial charge in [-0.05, 0) is 30.7 Å². The molecule has 5 rings (SSSR count). The minimum atomic E-state index is -3.61. The number of anilines is 1. The summed E-state index contributed by atoms with van der Waals surface area (Å²) in [4.78, 5) is 9.31. The van der Waals surface area contributed by atoms with E-state index in [4.69, 9.17) is 5.10 Å². The zero-order valence-electron chi connectivity index (χ0n) is 18.0. The van der Waals surface area contributed by atoms with Gasteiger partial charge in [0.25, 0.3) is 10.0 Å². The maximum absolute atomic E-state index is 12.4. The second kappa shape index (κ2) is 7.05. The Kier molecular flexibility index (Phi) is 4.55. The molecule has 0 saturated carbocycles. The van der Waals surface area contributed by atoms with E-state index in [1.165, 1.54) is 0 Å². The van der Waals surface area contributed by atoms with Crippen LogP contribution in [0.3, 0.4) is 0 Å². The molecule has 162 valence electrons. The minimum Gasteiger partial charge on any atom is -0.354 e. The van der Waals surface area contributed by atoms with Gasteiger partial charge in [-0.15, -0.1) is 9.50 Å². The second-order valence-corrected chi connectivity index (χ2v) is 10.7. The van der Waals surface area contributed by atoms with E-state index in [0.717, 1.165) is 43.2 Å². The Balaban J connectivity index is 1.38. The van der Waals surface area contributed by atoms with Gasteiger partial charge in [-0.2, -0.15) is 8.42 Å². The average Bonchev–Trinajstić information content (AvgIpc) is 3.17. The zero-order chi connectivity index (χ0) is 21.8. The molecule has 31 heavy (non-hydrogen) atoms. The standard InChI is InChI=1S/C22H26N6O2S/c1-22(2,3)18-15-28-19(23-18)9-10-20(24-28)26-11-6-12-27(14-13-26)21-16-7-4-5-8-17(16)31(29,30)25-21/h4-5,7-10,15H,6,11-14H2,1-3H3. The van der Waals surface area contributed by atoms with Crippen LogP contribution in [0.1, 0.15) is 38.4 Å². The molecule has 1 fully saturated rings. The van der Waals surface area contributed by atoms with Crippen LogP contribution >= 0.6 is 0 Å². The van der Waals surface area contributed by atoms with Crippen LogP contribution in [-0.4, -0.2) is 59.9 Å². The summed E-state index contributed by atoms with van der Waals surface area (Å²) in [5, 5.41) is 4.79. The van der Waals surface area contributed by atoms with Crippen LogP contribution in [0.5, 0.6) is 0 Å². The van der Waals surface area contributed by atoms with Crippen molar-refractivity contribution in [3.63, 3.8) is 0 Å². The van der Waals surface area contributed by atoms with Gasteiger partial charge in [0.15, 0.2) is 11.5 Å². The van der Waals surface area contributed by atoms with E-state index in [1.807, 2.05) is 35.0 Å². The molecule has 0 atom stereocenters. The molecule has 4 heterocycles. The number of hydrogen-bond acceptors (Lipinski definition) is 6. The summed E-state index contributed by atoms with van der Waals surface area (Å²) in [6, 6.07) is 11.1. The highest BCUT2D eigenvalue weighted by Crippen LogP contribution is 2.28. The fourth-order valence-electron chi connectivity index (χ4n) is 4.08. The highest BCUT2D eigenvalue weighted by molar-refractivity contribution is 7.90. The molecule has 0 N–H and O–H groups in total. The third-order valence-electron chi connectivity index (χ3n) is 5.81. The first-order valence-corrected chi connectivity index (χ1v) is 12.0. The molecular weight excluding hydrogens is 412 g/mol. The Labute approximate surface area is 182 Å². The summed E-state index contributed by atoms with van der Waals surface area (Å²) >= 11 is 0. The van der Waals surface area contributed by atoms with Crippen molar-refractivity contribution >= 4 is 27.3 Å². The molecule has 3 aromatic rings. The predicted molar refractivity (Wildman–Crippen MR) is 120 cm³/mol. The largest absolute Gasteiger partial charge is 0.354 e. The smallest absolute Gasteiger partial charge is 0.285 e. The van der Waals surface area contributed by atoms with Gasteiger partial charge in [-0.1, -0.05) is 32.9 Å². The van der Waals surface area contributed by atoms with Crippen molar-refractivity contribution in [1.82, 2.24) is 19.5 Å². The molecule has 9 heteroatoms. The van der Waals surface area contributed by atoms with Crippen molar-refractivity contribution in [3.05, 3.63) is 53.9 Å². The molecule has 2 aromatic heterocycles. The lowest BCUT2D eigenvalue weighted by Crippen LogP contribution is -2.35. The summed E-state index contributed by atoms with van der Waals surface area (Å²) < 4.78 is 30.8. The van der Waals surface area contributed by atoms with Crippen LogP contribution in [-0.2, 0) is 15.4 Å². The Hall–Kier alpha value is -2.94. The molecular formula is C22H26N6O2S. The van der Waals surface area contributed by atoms with Gasteiger partial charge in [0.1, 0.15) is 10.7 Å². The van der Waals surface area contributed by atoms with Gasteiger partial charge in [0.2, 0.25) is 0 Å². The van der Waals surface area contributed by atoms with Crippen molar-refractivity contribution < 1.29 is 8.42 Å². The number of aromatic nitrogens is 3. The first-order valence-electron chi connectivity index (χ1n) is 10.5. The number of rotatable bonds is 1. The first kappa shape index (κ1) is 20.0. The van der Waals surface area contributed by atoms with Crippen molar-refractivity contribution in [2.24, 2.45) is 4.40 Å². The molecule has 0 radical (unpaired) electrons. The lowest BCUT2D eigenvalue weighted by Gasteiger charge is -2.23. The van der Waals surface area contributed by atoms with Gasteiger partial charge in [-0.25, -0.2) is 9.50 Å². The topological polar surface area (TPSA) is 83.2 Å². The summed E-state index contributed by atoms with van der Waals surface area (Å²) in [6.45, 7) is 9.44. The Bertz CT molecular complexity index is 1290. The Morgan fingerprint density at radius 2 is 1.68 bits per heavy atom. The molecule has 2 aliphatic rings. The SMILES string of the molecule is CC(C)(C)c1cn2nc(N3CCCN(C4=NS(=O)(=O)c5ccccc54)CC3)ccc2n1. The molecule has 1 saturated heterocycles. The molecule has 0 amide bonds. The van der Waals surface area contributed by atoms with Crippen LogP contribution in [0.4, 0.5) is 5.82 Å². The zero-order valence-corrected chi connectivity index (χ0v) is 18.8. The van der Waals surface area contributed by atoms with Gasteiger partial charge in [0, 0.05) is 37.2 Å². The Morgan fingerprint density at radius 3 is 2.48 bits per heavy atom. The number of imidazole rings is 1. The second-order valence-electron chi connectivity index (χ2n) is 9.08. The number of benzene rings is 1. The van der Waals surface area contributed by atoms with E-state index in [2.05, 4.69) is 40.0 Å². The fraction of sp³-hybridized carbons (Fsp3) is 0.409. The highest BCUT2D eigenvalue weighted by Gasteiger charge is 2.32. The number of amidine groups is 1. The molecule has 0 unspecified atom stereocenters. The van der Waals surface area contributed by atoms with Crippen molar-refractivity contribution in [3.8, 4) is 0 Å². The molecule has 0 spiro atoms. The van der Waals surface area contributed by atoms with Crippen molar-refractivity contribution in [1.29, 1.82) is 0 Å². The fourth-order valence-corrected chi connectivity index (χ4v) is 5.30. The van der Waals surface area contributed by atoms with Gasteiger partial charge in [0.05, 0.1) is 11.9 Å². The summed E-state index contributed by atoms with van der Waals surface area (Å²) in [5.41, 5.74) is 2.52. The number of sulfonamides is 1. The molecule has 8 nitrogen and oxygen atoms in total. The van der Waals surface area contributed by atoms with E-state index in [9.17, 15) is 8.42 Å². The van der Waals surface area contributed by atoms with Crippen LogP contribution < -0.4 is 4.90 Å². The van der Waals surface area contributed by atoms with Crippen LogP contribution in [0.25, 0.3) is 5.65 Å². The first-order chi connectivity index (χ1) is 14.7. The van der Waals surface area contributed by atoms with Gasteiger partial charge in [-0.3, -0.25) is 0 Å². The third kappa shape index (κ3) is 3.56. The summed E-state index contributed by atoms with van der Waals surface area (Å²) in [6.07, 6.45) is 2.89. The van der Waals surface area contributed by atoms with Crippen molar-refractivity contribution in [2.75, 3.05) is 31.1 Å². The highest BCUT2D eigenvalue weighted by atomic mass is 32.2. The van der Waals surface area contributed by atoms with E-state index in [-0.39, 0.29) is 5.41 Å². The lowest BCUT2D eigenvalue weighted by atomic mass is 9.93. The van der Waals surface area contributed by atoms with Gasteiger partial charge < -0.3 is 9.80 Å². The Morgan fingerprint density at radius 1 is 0.935 bits per heavy atom.